The van der Waals surface area contributed by atoms with Crippen LogP contribution in [0.3, 0.4) is 0 Å². The van der Waals surface area contributed by atoms with Crippen molar-refractivity contribution in [3.8, 4) is 5.69 Å². The quantitative estimate of drug-likeness (QED) is 0.445. The monoisotopic (exact) mass is 405 g/mol. The maximum Gasteiger partial charge on any atom is 0.233 e. The molecule has 3 aromatic rings. The van der Waals surface area contributed by atoms with Crippen molar-refractivity contribution in [3.05, 3.63) is 69.9 Å². The molecule has 1 aromatic heterocycles. The molecule has 3 rings (SSSR count). The van der Waals surface area contributed by atoms with Gasteiger partial charge in [0.25, 0.3) is 0 Å². The highest BCUT2D eigenvalue weighted by molar-refractivity contribution is 8.01. The molecule has 26 heavy (non-hydrogen) atoms. The molecule has 0 bridgehead atoms. The minimum atomic E-state index is -0.284. The Labute approximate surface area is 164 Å². The summed E-state index contributed by atoms with van der Waals surface area (Å²) in [7, 11) is 1.73. The number of carbonyl (C=O) groups is 1. The first-order chi connectivity index (χ1) is 12.5. The number of halogens is 1. The summed E-state index contributed by atoms with van der Waals surface area (Å²) < 4.78 is 16.0. The third kappa shape index (κ3) is 4.78. The second-order valence-electron chi connectivity index (χ2n) is 5.55. The van der Waals surface area contributed by atoms with Crippen LogP contribution in [0.5, 0.6) is 0 Å². The van der Waals surface area contributed by atoms with Gasteiger partial charge in [-0.3, -0.25) is 4.79 Å². The van der Waals surface area contributed by atoms with Gasteiger partial charge in [0, 0.05) is 13.6 Å². The topological polar surface area (TPSA) is 38.1 Å². The Kier molecular flexibility index (Phi) is 6.18. The van der Waals surface area contributed by atoms with Crippen LogP contribution >= 0.6 is 35.3 Å². The number of amides is 1. The van der Waals surface area contributed by atoms with Gasteiger partial charge in [-0.25, -0.2) is 9.07 Å². The largest absolute Gasteiger partial charge is 0.341 e. The highest BCUT2D eigenvalue weighted by Crippen LogP contribution is 2.24. The molecular formula is C18H16FN3OS3. The number of rotatable bonds is 6. The van der Waals surface area contributed by atoms with Crippen LogP contribution < -0.4 is 0 Å². The van der Waals surface area contributed by atoms with Gasteiger partial charge in [0.05, 0.1) is 11.4 Å². The minimum absolute atomic E-state index is 0.0216. The van der Waals surface area contributed by atoms with Gasteiger partial charge in [0.15, 0.2) is 8.29 Å². The molecule has 0 saturated heterocycles. The molecule has 0 N–H and O–H groups in total. The lowest BCUT2D eigenvalue weighted by atomic mass is 10.2. The molecular weight excluding hydrogens is 389 g/mol. The summed E-state index contributed by atoms with van der Waals surface area (Å²) in [6.07, 6.45) is 0. The second kappa shape index (κ2) is 8.57. The van der Waals surface area contributed by atoms with E-state index in [4.69, 9.17) is 12.2 Å². The smallest absolute Gasteiger partial charge is 0.233 e. The zero-order valence-electron chi connectivity index (χ0n) is 14.0. The Bertz CT molecular complexity index is 938. The maximum atomic E-state index is 12.9. The van der Waals surface area contributed by atoms with Gasteiger partial charge >= 0.3 is 0 Å². The number of thioether (sulfide) groups is 1. The molecule has 0 saturated carbocycles. The van der Waals surface area contributed by atoms with Gasteiger partial charge < -0.3 is 4.90 Å². The zero-order valence-corrected chi connectivity index (χ0v) is 16.4. The number of benzene rings is 2. The number of hydrogen-bond acceptors (Lipinski definition) is 5. The van der Waals surface area contributed by atoms with Crippen molar-refractivity contribution in [2.24, 2.45) is 0 Å². The van der Waals surface area contributed by atoms with Crippen LogP contribution in [0.2, 0.25) is 0 Å². The fraction of sp³-hybridized carbons (Fsp3) is 0.167. The lowest BCUT2D eigenvalue weighted by Gasteiger charge is -2.16. The molecule has 0 aliphatic heterocycles. The highest BCUT2D eigenvalue weighted by atomic mass is 32.2. The van der Waals surface area contributed by atoms with E-state index >= 15 is 0 Å². The van der Waals surface area contributed by atoms with Crippen molar-refractivity contribution in [3.63, 3.8) is 0 Å². The standard InChI is InChI=1S/C18H16FN3OS3/c1-21(11-13-7-9-14(19)10-8-13)16(23)12-25-17-20-22(18(24)26-17)15-5-3-2-4-6-15/h2-10H,11-12H2,1H3. The predicted octanol–water partition coefficient (Wildman–Crippen LogP) is 4.55. The van der Waals surface area contributed by atoms with Crippen LogP contribution in [0.1, 0.15) is 5.56 Å². The highest BCUT2D eigenvalue weighted by Gasteiger charge is 2.13. The second-order valence-corrected chi connectivity index (χ2v) is 8.39. The molecule has 0 atom stereocenters. The molecule has 0 aliphatic carbocycles. The Morgan fingerprint density at radius 1 is 1.23 bits per heavy atom. The molecule has 1 heterocycles. The first-order valence-electron chi connectivity index (χ1n) is 7.80. The molecule has 0 radical (unpaired) electrons. The minimum Gasteiger partial charge on any atom is -0.341 e. The van der Waals surface area contributed by atoms with Crippen LogP contribution in [0.15, 0.2) is 58.9 Å². The third-order valence-corrected chi connectivity index (χ3v) is 5.96. The first-order valence-corrected chi connectivity index (χ1v) is 10.0. The summed E-state index contributed by atoms with van der Waals surface area (Å²) in [5.74, 6) is -0.0328. The van der Waals surface area contributed by atoms with Crippen molar-refractivity contribution in [1.82, 2.24) is 14.7 Å². The number of carbonyl (C=O) groups excluding carboxylic acids is 1. The Morgan fingerprint density at radius 3 is 2.62 bits per heavy atom. The van der Waals surface area contributed by atoms with Gasteiger partial charge in [-0.2, -0.15) is 0 Å². The van der Waals surface area contributed by atoms with Crippen LogP contribution in [-0.2, 0) is 11.3 Å². The van der Waals surface area contributed by atoms with E-state index in [9.17, 15) is 9.18 Å². The lowest BCUT2D eigenvalue weighted by Crippen LogP contribution is -2.27. The summed E-state index contributed by atoms with van der Waals surface area (Å²) in [4.78, 5) is 13.9. The van der Waals surface area contributed by atoms with Crippen molar-refractivity contribution < 1.29 is 9.18 Å². The van der Waals surface area contributed by atoms with Crippen molar-refractivity contribution in [2.75, 3.05) is 12.8 Å². The van der Waals surface area contributed by atoms with Gasteiger partial charge in [-0.05, 0) is 42.0 Å². The average Bonchev–Trinajstić information content (AvgIpc) is 3.03. The van der Waals surface area contributed by atoms with E-state index in [1.54, 1.807) is 28.8 Å². The van der Waals surface area contributed by atoms with E-state index < -0.39 is 0 Å². The Morgan fingerprint density at radius 2 is 1.92 bits per heavy atom. The van der Waals surface area contributed by atoms with E-state index in [0.29, 0.717) is 10.5 Å². The summed E-state index contributed by atoms with van der Waals surface area (Å²) in [6, 6.07) is 15.8. The molecule has 4 nitrogen and oxygen atoms in total. The lowest BCUT2D eigenvalue weighted by molar-refractivity contribution is -0.127. The van der Waals surface area contributed by atoms with Gasteiger partial charge in [-0.1, -0.05) is 53.4 Å². The number of nitrogens with zero attached hydrogens (tertiary/aromatic N) is 3. The van der Waals surface area contributed by atoms with Crippen molar-refractivity contribution in [2.45, 2.75) is 10.9 Å². The van der Waals surface area contributed by atoms with Crippen molar-refractivity contribution in [1.29, 1.82) is 0 Å². The fourth-order valence-corrected chi connectivity index (χ4v) is 4.54. The number of hydrogen-bond donors (Lipinski definition) is 0. The van der Waals surface area contributed by atoms with Crippen LogP contribution in [0.4, 0.5) is 4.39 Å². The zero-order chi connectivity index (χ0) is 18.5. The van der Waals surface area contributed by atoms with Crippen LogP contribution in [-0.4, -0.2) is 33.4 Å². The Hall–Kier alpha value is -2.03. The van der Waals surface area contributed by atoms with E-state index in [2.05, 4.69) is 5.10 Å². The fourth-order valence-electron chi connectivity index (χ4n) is 2.24. The SMILES string of the molecule is CN(Cc1ccc(F)cc1)C(=O)CSc1nn(-c2ccccc2)c(=S)s1. The van der Waals surface area contributed by atoms with Crippen LogP contribution in [0.25, 0.3) is 5.69 Å². The predicted molar refractivity (Wildman–Crippen MR) is 106 cm³/mol. The summed E-state index contributed by atoms with van der Waals surface area (Å²) in [6.45, 7) is 0.438. The van der Waals surface area contributed by atoms with E-state index in [1.807, 2.05) is 30.3 Å². The first kappa shape index (κ1) is 18.8. The molecule has 0 unspecified atom stereocenters. The van der Waals surface area contributed by atoms with Crippen molar-refractivity contribution >= 4 is 41.2 Å². The number of para-hydroxylation sites is 1. The summed E-state index contributed by atoms with van der Waals surface area (Å²) in [5, 5.41) is 4.49. The third-order valence-electron chi connectivity index (χ3n) is 3.61. The van der Waals surface area contributed by atoms with Gasteiger partial charge in [-0.15, -0.1) is 5.10 Å². The molecule has 0 spiro atoms. The van der Waals surface area contributed by atoms with Gasteiger partial charge in [0.2, 0.25) is 5.91 Å². The molecule has 2 aromatic carbocycles. The van der Waals surface area contributed by atoms with Crippen LogP contribution in [0, 0.1) is 9.77 Å². The average molecular weight is 406 g/mol. The number of aromatic nitrogens is 2. The maximum absolute atomic E-state index is 12.9. The van der Waals surface area contributed by atoms with Gasteiger partial charge in [0.1, 0.15) is 5.82 Å². The molecule has 134 valence electrons. The van der Waals surface area contributed by atoms with E-state index in [1.165, 1.54) is 35.2 Å². The Balaban J connectivity index is 1.59. The van der Waals surface area contributed by atoms with E-state index in [0.717, 1.165) is 15.6 Å². The summed E-state index contributed by atoms with van der Waals surface area (Å²) >= 11 is 8.12. The molecule has 1 amide bonds. The normalized spacial score (nSPS) is 10.7. The summed E-state index contributed by atoms with van der Waals surface area (Å²) in [5.41, 5.74) is 1.79. The van der Waals surface area contributed by atoms with E-state index in [-0.39, 0.29) is 17.5 Å². The molecule has 8 heteroatoms. The molecule has 0 fully saturated rings. The molecule has 0 aliphatic rings.